The van der Waals surface area contributed by atoms with Crippen LogP contribution in [-0.2, 0) is 37.7 Å². The number of carbonyl (C=O) groups excluding carboxylic acids is 1. The van der Waals surface area contributed by atoms with E-state index in [2.05, 4.69) is 96.1 Å². The molecule has 4 aromatic rings. The molecule has 0 spiro atoms. The van der Waals surface area contributed by atoms with Crippen LogP contribution in [0.3, 0.4) is 0 Å². The summed E-state index contributed by atoms with van der Waals surface area (Å²) >= 11 is 0. The second-order valence-electron chi connectivity index (χ2n) is 15.4. The molecule has 0 saturated carbocycles. The summed E-state index contributed by atoms with van der Waals surface area (Å²) in [7, 11) is 0. The van der Waals surface area contributed by atoms with Gasteiger partial charge in [0.05, 0.1) is 5.76 Å². The minimum Gasteiger partial charge on any atom is -0.512 e. The Morgan fingerprint density at radius 2 is 1.52 bits per heavy atom. The quantitative estimate of drug-likeness (QED) is 0.0967. The van der Waals surface area contributed by atoms with E-state index in [4.69, 9.17) is 4.98 Å². The third-order valence-electron chi connectivity index (χ3n) is 7.84. The molecule has 247 valence electrons. The predicted molar refractivity (Wildman–Crippen MR) is 192 cm³/mol. The first kappa shape index (κ1) is 37.4. The van der Waals surface area contributed by atoms with Gasteiger partial charge in [0.1, 0.15) is 0 Å². The molecule has 5 rings (SSSR count). The maximum absolute atomic E-state index is 11.2. The maximum Gasteiger partial charge on any atom is 0.159 e. The summed E-state index contributed by atoms with van der Waals surface area (Å²) in [6.45, 7) is 21.7. The Bertz CT molecular complexity index is 1710. The number of fused-ring (bicyclic) bond motifs is 5. The first-order valence-corrected chi connectivity index (χ1v) is 16.6. The molecule has 0 bridgehead atoms. The van der Waals surface area contributed by atoms with Crippen molar-refractivity contribution in [3.8, 4) is 33.5 Å². The molecule has 1 aliphatic rings. The number of benzene rings is 3. The number of carbonyl (C=O) groups is 1. The number of hydrogen-bond donors (Lipinski definition) is 1. The molecule has 3 nitrogen and oxygen atoms in total. The van der Waals surface area contributed by atoms with Gasteiger partial charge in [0.15, 0.2) is 5.78 Å². The number of aliphatic hydroxyl groups is 1. The number of aryl methyl sites for hydroxylation is 1. The number of pyridine rings is 1. The minimum atomic E-state index is 0. The van der Waals surface area contributed by atoms with Crippen LogP contribution in [0.2, 0.25) is 0 Å². The van der Waals surface area contributed by atoms with Crippen LogP contribution in [0, 0.1) is 36.2 Å². The van der Waals surface area contributed by atoms with Gasteiger partial charge < -0.3 is 10.1 Å². The van der Waals surface area contributed by atoms with E-state index in [1.807, 2.05) is 33.9 Å². The van der Waals surface area contributed by atoms with Crippen LogP contribution in [0.4, 0.5) is 0 Å². The molecule has 1 heterocycles. The van der Waals surface area contributed by atoms with Gasteiger partial charge in [-0.2, -0.15) is 0 Å². The average Bonchev–Trinajstić information content (AvgIpc) is 3.00. The zero-order valence-electron chi connectivity index (χ0n) is 29.5. The predicted octanol–water partition coefficient (Wildman–Crippen LogP) is 11.5. The standard InChI is InChI=1S/C31H32N.C11H20O2.Ir/c1-19(2)13-21-8-10-24-27(16-21)26-14-20(3)7-9-25(26)30-29-23(11-12-32-30)15-22(17-28(24)29)18-31(4,5)6;1-8(2)5-10(12)7-11(13)6-9(3)4;/h7-8,10-12,14-17,19H,13,18H2,1-6H3;7-9,12H,5-6H2,1-4H3;/q-1;;/b;10-7-;. The van der Waals surface area contributed by atoms with Crippen molar-refractivity contribution < 1.29 is 30.0 Å². The van der Waals surface area contributed by atoms with Crippen LogP contribution in [0.1, 0.15) is 91.8 Å². The summed E-state index contributed by atoms with van der Waals surface area (Å²) in [5.41, 5.74) is 11.6. The van der Waals surface area contributed by atoms with E-state index in [0.717, 1.165) is 24.1 Å². The fourth-order valence-electron chi connectivity index (χ4n) is 6.28. The Morgan fingerprint density at radius 1 is 0.848 bits per heavy atom. The van der Waals surface area contributed by atoms with Crippen LogP contribution < -0.4 is 0 Å². The summed E-state index contributed by atoms with van der Waals surface area (Å²) < 4.78 is 0. The topological polar surface area (TPSA) is 50.2 Å². The molecular weight excluding hydrogens is 743 g/mol. The van der Waals surface area contributed by atoms with E-state index in [1.165, 1.54) is 55.8 Å². The zero-order chi connectivity index (χ0) is 33.1. The van der Waals surface area contributed by atoms with Gasteiger partial charge in [-0.1, -0.05) is 111 Å². The van der Waals surface area contributed by atoms with Gasteiger partial charge in [-0.15, -0.1) is 29.3 Å². The van der Waals surface area contributed by atoms with Crippen LogP contribution in [0.5, 0.6) is 0 Å². The van der Waals surface area contributed by atoms with Gasteiger partial charge >= 0.3 is 0 Å². The van der Waals surface area contributed by atoms with Gasteiger partial charge in [-0.3, -0.25) is 4.79 Å². The van der Waals surface area contributed by atoms with E-state index in [0.29, 0.717) is 30.6 Å². The SMILES string of the molecule is CC(C)CC(=O)/C=C(\O)CC(C)C.Cc1c[c-]c2c(c1)-c1cc(CC(C)C)ccc1-c1cc(CC(C)(C)C)cc3ccnc-2c13.[Ir]. The molecule has 3 aromatic carbocycles. The second kappa shape index (κ2) is 15.7. The third-order valence-corrected chi connectivity index (χ3v) is 7.84. The summed E-state index contributed by atoms with van der Waals surface area (Å²) in [5, 5.41) is 11.9. The van der Waals surface area contributed by atoms with Crippen molar-refractivity contribution in [3.63, 3.8) is 0 Å². The fourth-order valence-corrected chi connectivity index (χ4v) is 6.28. The van der Waals surface area contributed by atoms with Crippen LogP contribution in [0.25, 0.3) is 44.3 Å². The van der Waals surface area contributed by atoms with Crippen molar-refractivity contribution in [3.05, 3.63) is 89.3 Å². The number of rotatable bonds is 8. The second-order valence-corrected chi connectivity index (χ2v) is 15.4. The molecule has 46 heavy (non-hydrogen) atoms. The van der Waals surface area contributed by atoms with E-state index in [9.17, 15) is 9.90 Å². The smallest absolute Gasteiger partial charge is 0.159 e. The molecule has 0 amide bonds. The van der Waals surface area contributed by atoms with Crippen molar-refractivity contribution in [2.75, 3.05) is 0 Å². The molecule has 1 N–H and O–H groups in total. The van der Waals surface area contributed by atoms with Gasteiger partial charge in [0.2, 0.25) is 0 Å². The van der Waals surface area contributed by atoms with Gasteiger partial charge in [0.25, 0.3) is 0 Å². The molecule has 1 aliphatic carbocycles. The first-order valence-electron chi connectivity index (χ1n) is 16.6. The van der Waals surface area contributed by atoms with E-state index in [1.54, 1.807) is 0 Å². The Labute approximate surface area is 291 Å². The van der Waals surface area contributed by atoms with Crippen molar-refractivity contribution in [1.29, 1.82) is 0 Å². The van der Waals surface area contributed by atoms with Gasteiger partial charge in [-0.25, -0.2) is 0 Å². The zero-order valence-corrected chi connectivity index (χ0v) is 31.9. The number of allylic oxidation sites excluding steroid dienone is 2. The summed E-state index contributed by atoms with van der Waals surface area (Å²) in [5.74, 6) is 1.61. The Morgan fingerprint density at radius 3 is 2.15 bits per heavy atom. The number of aliphatic hydroxyl groups excluding tert-OH is 1. The molecule has 0 unspecified atom stereocenters. The van der Waals surface area contributed by atoms with Crippen LogP contribution in [0.15, 0.2) is 66.6 Å². The van der Waals surface area contributed by atoms with Crippen LogP contribution in [-0.4, -0.2) is 15.9 Å². The number of ketones is 1. The molecule has 0 saturated heterocycles. The summed E-state index contributed by atoms with van der Waals surface area (Å²) in [4.78, 5) is 16.1. The first-order chi connectivity index (χ1) is 21.1. The summed E-state index contributed by atoms with van der Waals surface area (Å²) in [6, 6.07) is 22.0. The number of nitrogens with zero attached hydrogens (tertiary/aromatic N) is 1. The summed E-state index contributed by atoms with van der Waals surface area (Å²) in [6.07, 6.45) is 6.56. The largest absolute Gasteiger partial charge is 0.512 e. The van der Waals surface area contributed by atoms with E-state index < -0.39 is 0 Å². The molecule has 0 atom stereocenters. The van der Waals surface area contributed by atoms with E-state index in [-0.39, 0.29) is 37.1 Å². The van der Waals surface area contributed by atoms with Crippen molar-refractivity contribution in [2.45, 2.75) is 94.9 Å². The molecule has 4 heteroatoms. The third kappa shape index (κ3) is 9.72. The molecule has 1 aromatic heterocycles. The van der Waals surface area contributed by atoms with E-state index >= 15 is 0 Å². The molecule has 1 radical (unpaired) electrons. The Kier molecular flexibility index (Phi) is 12.7. The molecule has 0 aliphatic heterocycles. The van der Waals surface area contributed by atoms with Crippen molar-refractivity contribution in [1.82, 2.24) is 4.98 Å². The molecular formula is C42H52IrNO2-. The monoisotopic (exact) mass is 795 g/mol. The van der Waals surface area contributed by atoms with Crippen molar-refractivity contribution >= 4 is 16.6 Å². The maximum atomic E-state index is 11.2. The number of hydrogen-bond acceptors (Lipinski definition) is 3. The van der Waals surface area contributed by atoms with Crippen LogP contribution >= 0.6 is 0 Å². The van der Waals surface area contributed by atoms with Gasteiger partial charge in [0, 0.05) is 45.2 Å². The van der Waals surface area contributed by atoms with Crippen molar-refractivity contribution in [2.24, 2.45) is 23.2 Å². The Balaban J connectivity index is 0.000000352. The minimum absolute atomic E-state index is 0. The Hall–Kier alpha value is -3.07. The van der Waals surface area contributed by atoms with Gasteiger partial charge in [-0.05, 0) is 80.8 Å². The normalized spacial score (nSPS) is 12.3. The number of aromatic nitrogens is 1. The fraction of sp³-hybridized carbons (Fsp3) is 0.429. The average molecular weight is 795 g/mol. The molecule has 0 fully saturated rings.